The first-order valence-corrected chi connectivity index (χ1v) is 18.2. The molecule has 4 saturated carbocycles. The first-order chi connectivity index (χ1) is 22.1. The number of hydrogen-bond acceptors (Lipinski definition) is 8. The highest BCUT2D eigenvalue weighted by atomic mass is 16.6. The summed E-state index contributed by atoms with van der Waals surface area (Å²) in [6, 6.07) is 0. The number of rotatable bonds is 6. The lowest BCUT2D eigenvalue weighted by Gasteiger charge is -2.72. The first-order valence-electron chi connectivity index (χ1n) is 18.2. The van der Waals surface area contributed by atoms with Crippen LogP contribution in [0.4, 0.5) is 0 Å². The van der Waals surface area contributed by atoms with E-state index in [9.17, 15) is 30.0 Å². The molecule has 0 aromatic rings. The van der Waals surface area contributed by atoms with Crippen molar-refractivity contribution >= 4 is 11.9 Å². The number of fused-ring (bicyclic) bond motifs is 7. The predicted molar refractivity (Wildman–Crippen MR) is 198 cm³/mol. The van der Waals surface area contributed by atoms with Crippen LogP contribution in [0, 0.1) is 50.2 Å². The molecule has 0 bridgehead atoms. The topological polar surface area (TPSA) is 134 Å². The summed E-state index contributed by atoms with van der Waals surface area (Å²) in [7, 11) is 0. The summed E-state index contributed by atoms with van der Waals surface area (Å²) in [5, 5.41) is 46.9. The van der Waals surface area contributed by atoms with E-state index in [4.69, 9.17) is 9.47 Å². The molecule has 4 N–H and O–H groups in total. The van der Waals surface area contributed by atoms with E-state index in [2.05, 4.69) is 33.8 Å². The number of allylic oxidation sites excluding steroid dienone is 4. The monoisotopic (exact) mass is 703 g/mol. The van der Waals surface area contributed by atoms with E-state index < -0.39 is 58.7 Å². The van der Waals surface area contributed by atoms with E-state index in [0.29, 0.717) is 19.3 Å². The number of carbonyl (C=O) groups excluding carboxylic acids is 2. The number of aliphatic hydroxyl groups is 4. The number of hydrogen-bond donors (Lipinski definition) is 4. The molecule has 0 aromatic carbocycles. The Bertz CT molecular complexity index is 1390. The fraction of sp³-hybridized carbons (Fsp3) is 0.810. The minimum Gasteiger partial charge on any atom is -0.462 e. The van der Waals surface area contributed by atoms with Crippen molar-refractivity contribution in [2.24, 2.45) is 50.2 Å². The van der Waals surface area contributed by atoms with Gasteiger partial charge in [0, 0.05) is 23.0 Å². The zero-order chi connectivity index (χ0) is 35.8. The van der Waals surface area contributed by atoms with Crippen LogP contribution in [0.25, 0.3) is 0 Å². The van der Waals surface area contributed by atoms with Crippen molar-refractivity contribution in [2.75, 3.05) is 13.2 Å². The number of ether oxygens (including phenoxy) is 2. The Morgan fingerprint density at radius 2 is 1.44 bits per heavy atom. The maximum Gasteiger partial charge on any atom is 0.331 e. The third-order valence-corrected chi connectivity index (χ3v) is 14.7. The Hall–Kier alpha value is -2.00. The van der Waals surface area contributed by atoms with Crippen LogP contribution in [0.5, 0.6) is 0 Å². The van der Waals surface area contributed by atoms with Gasteiger partial charge in [-0.3, -0.25) is 0 Å². The second kappa shape index (κ2) is 14.1. The van der Waals surface area contributed by atoms with Crippen molar-refractivity contribution in [3.05, 3.63) is 34.9 Å². The van der Waals surface area contributed by atoms with Crippen molar-refractivity contribution < 1.29 is 39.5 Å². The van der Waals surface area contributed by atoms with Crippen LogP contribution in [-0.4, -0.2) is 70.0 Å². The van der Waals surface area contributed by atoms with Gasteiger partial charge in [-0.15, -0.1) is 0 Å². The molecule has 0 aliphatic heterocycles. The van der Waals surface area contributed by atoms with E-state index in [-0.39, 0.29) is 56.0 Å². The zero-order valence-electron chi connectivity index (χ0n) is 31.1. The molecule has 5 aliphatic rings. The van der Waals surface area contributed by atoms with Gasteiger partial charge in [-0.05, 0) is 107 Å². The first kappa shape index (κ1) is 42.4. The standard InChI is InChI=1S/C40H62O8.2CH4/c1-23(2)17-31(44)47-22-37(8)27-13-16-38(9)28(36(27,7)15-14-29(37)42)12-11-25-26-19-35(5,6)34(48-32(45)18-24(3)4)33(46)40(26,21-41)30(43)20-39(25,38)10;;/h11,17-18,26-30,33-34,41-43,46H,12-16,19-22H2,1-10H3;2*1H4/t26?,27?,28?,29-,30+,33-,34-,36-,37+,38+,39+,40-;;/m0../s1. The third-order valence-electron chi connectivity index (χ3n) is 14.7. The Balaban J connectivity index is 0.00000338. The van der Waals surface area contributed by atoms with Gasteiger partial charge in [-0.25, -0.2) is 9.59 Å². The highest BCUT2D eigenvalue weighted by molar-refractivity contribution is 5.83. The van der Waals surface area contributed by atoms with E-state index in [1.54, 1.807) is 0 Å². The fourth-order valence-corrected chi connectivity index (χ4v) is 12.0. The zero-order valence-corrected chi connectivity index (χ0v) is 31.1. The lowest BCUT2D eigenvalue weighted by Crippen LogP contribution is -2.72. The molecule has 5 aliphatic carbocycles. The van der Waals surface area contributed by atoms with Gasteiger partial charge in [0.1, 0.15) is 12.2 Å². The number of esters is 2. The van der Waals surface area contributed by atoms with Gasteiger partial charge in [0.25, 0.3) is 0 Å². The molecule has 12 atom stereocenters. The molecule has 0 saturated heterocycles. The van der Waals surface area contributed by atoms with Gasteiger partial charge in [-0.1, -0.05) is 79.2 Å². The molecule has 8 nitrogen and oxygen atoms in total. The van der Waals surface area contributed by atoms with Crippen molar-refractivity contribution in [1.29, 1.82) is 0 Å². The van der Waals surface area contributed by atoms with Gasteiger partial charge in [0.2, 0.25) is 0 Å². The van der Waals surface area contributed by atoms with E-state index >= 15 is 0 Å². The predicted octanol–water partition coefficient (Wildman–Crippen LogP) is 7.33. The van der Waals surface area contributed by atoms with Gasteiger partial charge in [0.15, 0.2) is 0 Å². The maximum atomic E-state index is 12.8. The van der Waals surface area contributed by atoms with E-state index in [1.165, 1.54) is 17.7 Å². The summed E-state index contributed by atoms with van der Waals surface area (Å²) in [5.74, 6) is -0.796. The average molecular weight is 703 g/mol. The number of aliphatic hydroxyl groups excluding tert-OH is 4. The summed E-state index contributed by atoms with van der Waals surface area (Å²) in [5.41, 5.74) is -0.327. The van der Waals surface area contributed by atoms with Crippen molar-refractivity contribution in [3.8, 4) is 0 Å². The molecule has 4 fully saturated rings. The van der Waals surface area contributed by atoms with Gasteiger partial charge in [-0.2, -0.15) is 0 Å². The Morgan fingerprint density at radius 3 is 2.02 bits per heavy atom. The third kappa shape index (κ3) is 6.16. The molecular weight excluding hydrogens is 632 g/mol. The largest absolute Gasteiger partial charge is 0.462 e. The molecule has 0 spiro atoms. The summed E-state index contributed by atoms with van der Waals surface area (Å²) in [4.78, 5) is 25.4. The molecule has 50 heavy (non-hydrogen) atoms. The molecule has 286 valence electrons. The summed E-state index contributed by atoms with van der Waals surface area (Å²) >= 11 is 0. The van der Waals surface area contributed by atoms with Crippen LogP contribution >= 0.6 is 0 Å². The maximum absolute atomic E-state index is 12.8. The molecule has 8 heteroatoms. The van der Waals surface area contributed by atoms with Gasteiger partial charge < -0.3 is 29.9 Å². The molecule has 0 radical (unpaired) electrons. The second-order valence-electron chi connectivity index (χ2n) is 18.4. The van der Waals surface area contributed by atoms with Crippen LogP contribution in [0.3, 0.4) is 0 Å². The van der Waals surface area contributed by atoms with Crippen molar-refractivity contribution in [2.45, 2.75) is 153 Å². The fourth-order valence-electron chi connectivity index (χ4n) is 12.0. The normalized spacial score (nSPS) is 44.1. The number of carbonyl (C=O) groups is 2. The van der Waals surface area contributed by atoms with Crippen LogP contribution in [0.2, 0.25) is 0 Å². The Morgan fingerprint density at radius 1 is 0.840 bits per heavy atom. The smallest absolute Gasteiger partial charge is 0.331 e. The summed E-state index contributed by atoms with van der Waals surface area (Å²) in [6.07, 6.45) is 6.56. The van der Waals surface area contributed by atoms with Crippen LogP contribution in [0.1, 0.15) is 129 Å². The molecule has 0 heterocycles. The summed E-state index contributed by atoms with van der Waals surface area (Å²) < 4.78 is 11.7. The molecule has 5 rings (SSSR count). The second-order valence-corrected chi connectivity index (χ2v) is 18.4. The molecular formula is C42H70O8. The minimum atomic E-state index is -1.26. The van der Waals surface area contributed by atoms with Crippen LogP contribution in [0.15, 0.2) is 34.9 Å². The molecule has 3 unspecified atom stereocenters. The van der Waals surface area contributed by atoms with Crippen molar-refractivity contribution in [3.63, 3.8) is 0 Å². The Labute approximate surface area is 302 Å². The SMILES string of the molecule is C.C.CC(C)=CC(=O)OC[C@]1(C)C2CC[C@]3(C)C(CC=C4C5CC(C)(C)[C@@H](OC(=O)C=C(C)C)[C@H](O)[C@]5(CO)[C@H](O)C[C@]43C)[C@@]2(C)CC[C@@H]1O. The molecule has 0 amide bonds. The Kier molecular flexibility index (Phi) is 12.0. The van der Waals surface area contributed by atoms with E-state index in [0.717, 1.165) is 36.8 Å². The average Bonchev–Trinajstić information content (AvgIpc) is 2.96. The van der Waals surface area contributed by atoms with Gasteiger partial charge in [0.05, 0.1) is 30.8 Å². The van der Waals surface area contributed by atoms with E-state index in [1.807, 2.05) is 41.5 Å². The highest BCUT2D eigenvalue weighted by Gasteiger charge is 2.73. The lowest BCUT2D eigenvalue weighted by atomic mass is 9.33. The minimum absolute atomic E-state index is 0. The quantitative estimate of drug-likeness (QED) is 0.129. The highest BCUT2D eigenvalue weighted by Crippen LogP contribution is 2.75. The summed E-state index contributed by atoms with van der Waals surface area (Å²) in [6.45, 7) is 20.3. The van der Waals surface area contributed by atoms with Crippen LogP contribution < -0.4 is 0 Å². The van der Waals surface area contributed by atoms with Crippen LogP contribution in [-0.2, 0) is 19.1 Å². The van der Waals surface area contributed by atoms with Gasteiger partial charge >= 0.3 is 11.9 Å². The lowest BCUT2D eigenvalue weighted by molar-refractivity contribution is -0.262. The molecule has 0 aromatic heterocycles. The van der Waals surface area contributed by atoms with Crippen molar-refractivity contribution in [1.82, 2.24) is 0 Å².